The number of carbonyl (C=O) groups excluding carboxylic acids is 1. The normalized spacial score (nSPS) is 10.8. The van der Waals surface area contributed by atoms with E-state index in [1.165, 1.54) is 0 Å². The lowest BCUT2D eigenvalue weighted by atomic mass is 10.3. The molecule has 0 aliphatic rings. The van der Waals surface area contributed by atoms with Crippen molar-refractivity contribution in [1.82, 2.24) is 4.98 Å². The number of halogens is 3. The molecule has 0 saturated heterocycles. The molecule has 0 radical (unpaired) electrons. The summed E-state index contributed by atoms with van der Waals surface area (Å²) in [5.41, 5.74) is -0.300. The first-order valence-electron chi connectivity index (χ1n) is 4.47. The number of hydrogen-bond donors (Lipinski definition) is 2. The van der Waals surface area contributed by atoms with E-state index in [2.05, 4.69) is 9.72 Å². The summed E-state index contributed by atoms with van der Waals surface area (Å²) in [6, 6.07) is 1.03. The van der Waals surface area contributed by atoms with Crippen LogP contribution in [-0.2, 0) is 4.74 Å². The smallest absolute Gasteiger partial charge is 0.422 e. The molecule has 1 aromatic rings. The summed E-state index contributed by atoms with van der Waals surface area (Å²) in [4.78, 5) is 25.0. The minimum atomic E-state index is -4.63. The van der Waals surface area contributed by atoms with Crippen LogP contribution in [0.5, 0.6) is 0 Å². The van der Waals surface area contributed by atoms with E-state index in [1.54, 1.807) is 0 Å². The van der Waals surface area contributed by atoms with Crippen molar-refractivity contribution in [3.63, 3.8) is 0 Å². The second-order valence-electron chi connectivity index (χ2n) is 3.08. The maximum Gasteiger partial charge on any atom is 0.422 e. The van der Waals surface area contributed by atoms with Crippen LogP contribution in [0.25, 0.3) is 0 Å². The Hall–Kier alpha value is -2.32. The summed E-state index contributed by atoms with van der Waals surface area (Å²) < 4.78 is 39.0. The van der Waals surface area contributed by atoms with Crippen molar-refractivity contribution in [2.75, 3.05) is 11.9 Å². The zero-order chi connectivity index (χ0) is 13.8. The largest absolute Gasteiger partial charge is 0.478 e. The van der Waals surface area contributed by atoms with Crippen LogP contribution in [0.4, 0.5) is 23.7 Å². The second kappa shape index (κ2) is 5.34. The van der Waals surface area contributed by atoms with Crippen molar-refractivity contribution < 1.29 is 32.6 Å². The average Bonchev–Trinajstić information content (AvgIpc) is 2.26. The van der Waals surface area contributed by atoms with Crippen LogP contribution in [0.3, 0.4) is 0 Å². The molecule has 0 saturated carbocycles. The monoisotopic (exact) mass is 264 g/mol. The van der Waals surface area contributed by atoms with E-state index in [-0.39, 0.29) is 11.3 Å². The van der Waals surface area contributed by atoms with E-state index in [1.807, 2.05) is 5.32 Å². The summed E-state index contributed by atoms with van der Waals surface area (Å²) in [6.07, 6.45) is -3.88. The van der Waals surface area contributed by atoms with Gasteiger partial charge >= 0.3 is 18.2 Å². The molecule has 1 heterocycles. The second-order valence-corrected chi connectivity index (χ2v) is 3.08. The van der Waals surface area contributed by atoms with Gasteiger partial charge in [-0.05, 0) is 6.07 Å². The Morgan fingerprint density at radius 1 is 1.39 bits per heavy atom. The van der Waals surface area contributed by atoms with Gasteiger partial charge in [0, 0.05) is 6.20 Å². The zero-order valence-electron chi connectivity index (χ0n) is 8.69. The van der Waals surface area contributed by atoms with Crippen molar-refractivity contribution in [2.24, 2.45) is 0 Å². The number of carboxylic acids is 1. The first kappa shape index (κ1) is 13.7. The number of rotatable bonds is 3. The Morgan fingerprint density at radius 3 is 2.61 bits per heavy atom. The number of anilines is 1. The van der Waals surface area contributed by atoms with Gasteiger partial charge in [0.1, 0.15) is 0 Å². The molecule has 0 aliphatic carbocycles. The number of amides is 1. The quantitative estimate of drug-likeness (QED) is 0.870. The molecule has 6 nitrogen and oxygen atoms in total. The highest BCUT2D eigenvalue weighted by molar-refractivity contribution is 5.90. The number of carboxylic acid groups (broad SMARTS) is 1. The number of ether oxygens (including phenoxy) is 1. The van der Waals surface area contributed by atoms with Crippen LogP contribution in [0, 0.1) is 0 Å². The topological polar surface area (TPSA) is 88.5 Å². The van der Waals surface area contributed by atoms with Crippen molar-refractivity contribution in [2.45, 2.75) is 6.18 Å². The molecule has 18 heavy (non-hydrogen) atoms. The fourth-order valence-electron chi connectivity index (χ4n) is 0.927. The molecule has 2 N–H and O–H groups in total. The highest BCUT2D eigenvalue weighted by Crippen LogP contribution is 2.15. The van der Waals surface area contributed by atoms with Crippen molar-refractivity contribution in [3.05, 3.63) is 24.0 Å². The molecule has 0 aromatic carbocycles. The molecule has 0 spiro atoms. The number of carbonyl (C=O) groups is 2. The molecule has 1 amide bonds. The lowest BCUT2D eigenvalue weighted by Crippen LogP contribution is -2.23. The standard InChI is InChI=1S/C9H7F3N2O4/c10-9(11,12)4-18-8(17)14-6-1-5(7(15)16)2-13-3-6/h1-3H,4H2,(H,14,17)(H,15,16). The maximum absolute atomic E-state index is 11.7. The summed E-state index contributed by atoms with van der Waals surface area (Å²) in [7, 11) is 0. The summed E-state index contributed by atoms with van der Waals surface area (Å²) in [6.45, 7) is -1.73. The van der Waals surface area contributed by atoms with Gasteiger partial charge < -0.3 is 9.84 Å². The van der Waals surface area contributed by atoms with E-state index in [9.17, 15) is 22.8 Å². The fourth-order valence-corrected chi connectivity index (χ4v) is 0.927. The number of pyridine rings is 1. The molecule has 1 rings (SSSR count). The van der Waals surface area contributed by atoms with Crippen LogP contribution in [0.15, 0.2) is 18.5 Å². The van der Waals surface area contributed by atoms with E-state index < -0.39 is 24.8 Å². The van der Waals surface area contributed by atoms with E-state index >= 15 is 0 Å². The van der Waals surface area contributed by atoms with Crippen molar-refractivity contribution in [3.8, 4) is 0 Å². The summed E-state index contributed by atoms with van der Waals surface area (Å²) >= 11 is 0. The first-order chi connectivity index (χ1) is 8.28. The molecule has 0 atom stereocenters. The minimum absolute atomic E-state index is 0.0814. The third kappa shape index (κ3) is 4.68. The van der Waals surface area contributed by atoms with Gasteiger partial charge in [0.15, 0.2) is 6.61 Å². The molecule has 1 aromatic heterocycles. The molecular weight excluding hydrogens is 257 g/mol. The highest BCUT2D eigenvalue weighted by atomic mass is 19.4. The van der Waals surface area contributed by atoms with E-state index in [4.69, 9.17) is 5.11 Å². The van der Waals surface area contributed by atoms with Crippen molar-refractivity contribution >= 4 is 17.7 Å². The van der Waals surface area contributed by atoms with E-state index in [0.717, 1.165) is 18.5 Å². The van der Waals surface area contributed by atoms with Gasteiger partial charge in [-0.25, -0.2) is 9.59 Å². The highest BCUT2D eigenvalue weighted by Gasteiger charge is 2.29. The predicted molar refractivity (Wildman–Crippen MR) is 52.2 cm³/mol. The number of nitrogens with zero attached hydrogens (tertiary/aromatic N) is 1. The molecule has 0 unspecified atom stereocenters. The van der Waals surface area contributed by atoms with Crippen LogP contribution in [0.1, 0.15) is 10.4 Å². The lowest BCUT2D eigenvalue weighted by molar-refractivity contribution is -0.159. The number of alkyl halides is 3. The van der Waals surface area contributed by atoms with Crippen LogP contribution < -0.4 is 5.32 Å². The number of aromatic nitrogens is 1. The molecular formula is C9H7F3N2O4. The van der Waals surface area contributed by atoms with Crippen LogP contribution in [0.2, 0.25) is 0 Å². The van der Waals surface area contributed by atoms with Crippen LogP contribution in [-0.4, -0.2) is 34.9 Å². The SMILES string of the molecule is O=C(Nc1cncc(C(=O)O)c1)OCC(F)(F)F. The van der Waals surface area contributed by atoms with Crippen molar-refractivity contribution in [1.29, 1.82) is 0 Å². The van der Waals surface area contributed by atoms with Gasteiger partial charge in [0.2, 0.25) is 0 Å². The van der Waals surface area contributed by atoms with E-state index in [0.29, 0.717) is 0 Å². The Balaban J connectivity index is 2.59. The third-order valence-electron chi connectivity index (χ3n) is 1.60. The predicted octanol–water partition coefficient (Wildman–Crippen LogP) is 1.89. The van der Waals surface area contributed by atoms with Gasteiger partial charge in [0.25, 0.3) is 0 Å². The fraction of sp³-hybridized carbons (Fsp3) is 0.222. The molecule has 0 aliphatic heterocycles. The third-order valence-corrected chi connectivity index (χ3v) is 1.60. The number of nitrogens with one attached hydrogen (secondary N) is 1. The molecule has 0 bridgehead atoms. The Kier molecular flexibility index (Phi) is 4.08. The van der Waals surface area contributed by atoms with Gasteiger partial charge in [-0.1, -0.05) is 0 Å². The Morgan fingerprint density at radius 2 is 2.06 bits per heavy atom. The first-order valence-corrected chi connectivity index (χ1v) is 4.47. The molecule has 98 valence electrons. The lowest BCUT2D eigenvalue weighted by Gasteiger charge is -2.09. The van der Waals surface area contributed by atoms with Gasteiger partial charge in [-0.15, -0.1) is 0 Å². The number of aromatic carboxylic acids is 1. The van der Waals surface area contributed by atoms with Gasteiger partial charge in [-0.3, -0.25) is 10.3 Å². The Labute approximate surface area is 98.4 Å². The van der Waals surface area contributed by atoms with Gasteiger partial charge in [-0.2, -0.15) is 13.2 Å². The van der Waals surface area contributed by atoms with Gasteiger partial charge in [0.05, 0.1) is 17.4 Å². The summed E-state index contributed by atoms with van der Waals surface area (Å²) in [5, 5.41) is 10.5. The maximum atomic E-state index is 11.7. The molecule has 9 heteroatoms. The average molecular weight is 264 g/mol. The Bertz CT molecular complexity index is 461. The van der Waals surface area contributed by atoms with Crippen LogP contribution >= 0.6 is 0 Å². The molecule has 0 fully saturated rings. The number of hydrogen-bond acceptors (Lipinski definition) is 4. The zero-order valence-corrected chi connectivity index (χ0v) is 8.69. The summed E-state index contributed by atoms with van der Waals surface area (Å²) in [5.74, 6) is -1.28. The minimum Gasteiger partial charge on any atom is -0.478 e.